The van der Waals surface area contributed by atoms with Gasteiger partial charge in [-0.2, -0.15) is 0 Å². The van der Waals surface area contributed by atoms with Gasteiger partial charge in [0.15, 0.2) is 12.2 Å². The first-order valence-corrected chi connectivity index (χ1v) is 7.22. The molecule has 2 saturated heterocycles. The first-order chi connectivity index (χ1) is 9.38. The lowest BCUT2D eigenvalue weighted by molar-refractivity contribution is -0.168. The zero-order valence-electron chi connectivity index (χ0n) is 11.4. The summed E-state index contributed by atoms with van der Waals surface area (Å²) in [4.78, 5) is 33.5. The molecule has 2 heterocycles. The van der Waals surface area contributed by atoms with Crippen molar-refractivity contribution in [3.8, 4) is 0 Å². The number of rotatable bonds is 3. The summed E-state index contributed by atoms with van der Waals surface area (Å²) in [5.41, 5.74) is -0.417. The molecule has 0 aromatic carbocycles. The Labute approximate surface area is 120 Å². The maximum atomic E-state index is 11.2. The maximum Gasteiger partial charge on any atom is 0.303 e. The molecule has 20 heavy (non-hydrogen) atoms. The van der Waals surface area contributed by atoms with Gasteiger partial charge in [0.05, 0.1) is 0 Å². The molecule has 0 aromatic heterocycles. The van der Waals surface area contributed by atoms with Crippen LogP contribution in [0, 0.1) is 0 Å². The van der Waals surface area contributed by atoms with E-state index in [1.807, 2.05) is 0 Å². The van der Waals surface area contributed by atoms with Crippen LogP contribution in [0.1, 0.15) is 20.8 Å². The molecule has 7 nitrogen and oxygen atoms in total. The smallest absolute Gasteiger partial charge is 0.303 e. The van der Waals surface area contributed by atoms with Crippen molar-refractivity contribution >= 4 is 29.7 Å². The van der Waals surface area contributed by atoms with E-state index >= 15 is 0 Å². The quantitative estimate of drug-likeness (QED) is 0.542. The number of ether oxygens (including phenoxy) is 4. The van der Waals surface area contributed by atoms with Crippen molar-refractivity contribution in [2.75, 3.05) is 5.75 Å². The van der Waals surface area contributed by atoms with Gasteiger partial charge >= 0.3 is 17.9 Å². The average molecular weight is 304 g/mol. The van der Waals surface area contributed by atoms with Crippen molar-refractivity contribution < 1.29 is 33.3 Å². The molecule has 2 bridgehead atoms. The fraction of sp³-hybridized carbons (Fsp3) is 0.750. The summed E-state index contributed by atoms with van der Waals surface area (Å²) >= 11 is 1.37. The summed E-state index contributed by atoms with van der Waals surface area (Å²) in [6.45, 7) is 3.85. The number of fused-ring (bicyclic) bond motifs is 2. The summed E-state index contributed by atoms with van der Waals surface area (Å²) in [6.07, 6.45) is -2.59. The molecule has 0 radical (unpaired) electrons. The van der Waals surface area contributed by atoms with E-state index in [-0.39, 0.29) is 0 Å². The van der Waals surface area contributed by atoms with Gasteiger partial charge in [-0.3, -0.25) is 14.4 Å². The van der Waals surface area contributed by atoms with Crippen LogP contribution in [0.25, 0.3) is 0 Å². The molecular weight excluding hydrogens is 288 g/mol. The summed E-state index contributed by atoms with van der Waals surface area (Å²) in [7, 11) is 0. The molecule has 0 aliphatic carbocycles. The van der Waals surface area contributed by atoms with Crippen LogP contribution >= 0.6 is 11.8 Å². The number of hydrogen-bond donors (Lipinski definition) is 0. The molecule has 112 valence electrons. The maximum absolute atomic E-state index is 11.2. The Morgan fingerprint density at radius 2 is 1.50 bits per heavy atom. The zero-order valence-corrected chi connectivity index (χ0v) is 12.2. The van der Waals surface area contributed by atoms with E-state index in [0.29, 0.717) is 5.75 Å². The van der Waals surface area contributed by atoms with Crippen LogP contribution in [0.4, 0.5) is 0 Å². The molecular formula is C12H16O7S. The van der Waals surface area contributed by atoms with Crippen LogP contribution in [0.5, 0.6) is 0 Å². The second kappa shape index (κ2) is 6.01. The van der Waals surface area contributed by atoms with Gasteiger partial charge < -0.3 is 18.9 Å². The highest BCUT2D eigenvalue weighted by Crippen LogP contribution is 2.41. The van der Waals surface area contributed by atoms with E-state index in [4.69, 9.17) is 18.9 Å². The molecule has 0 saturated carbocycles. The molecule has 0 N–H and O–H groups in total. The van der Waals surface area contributed by atoms with E-state index < -0.39 is 47.8 Å². The highest BCUT2D eigenvalue weighted by atomic mass is 32.2. The minimum Gasteiger partial charge on any atom is -0.459 e. The third-order valence-electron chi connectivity index (χ3n) is 2.92. The van der Waals surface area contributed by atoms with Gasteiger partial charge in [-0.25, -0.2) is 0 Å². The lowest BCUT2D eigenvalue weighted by atomic mass is 10.1. The van der Waals surface area contributed by atoms with E-state index in [0.717, 1.165) is 0 Å². The molecule has 2 aliphatic heterocycles. The molecule has 2 aliphatic rings. The van der Waals surface area contributed by atoms with Crippen LogP contribution in [-0.2, 0) is 33.3 Å². The standard InChI is InChI=1S/C12H16O7S/c1-5(13)16-8-4-20-12-11(18-7(3)15)10(9(8)19-12)17-6(2)14/h8-12H,4H2,1-3H3/t8-,9+,10-,11+,12-/m0/s1. The Hall–Kier alpha value is -1.28. The predicted molar refractivity (Wildman–Crippen MR) is 67.8 cm³/mol. The predicted octanol–water partition coefficient (Wildman–Crippen LogP) is 0.253. The third-order valence-corrected chi connectivity index (χ3v) is 4.15. The van der Waals surface area contributed by atoms with Crippen molar-refractivity contribution in [1.82, 2.24) is 0 Å². The van der Waals surface area contributed by atoms with E-state index in [1.54, 1.807) is 0 Å². The van der Waals surface area contributed by atoms with Crippen LogP contribution < -0.4 is 0 Å². The molecule has 0 unspecified atom stereocenters. The van der Waals surface area contributed by atoms with Gasteiger partial charge in [0, 0.05) is 26.5 Å². The van der Waals surface area contributed by atoms with Crippen molar-refractivity contribution in [2.24, 2.45) is 0 Å². The monoisotopic (exact) mass is 304 g/mol. The Kier molecular flexibility index (Phi) is 4.54. The molecule has 5 atom stereocenters. The van der Waals surface area contributed by atoms with E-state index in [1.165, 1.54) is 32.5 Å². The van der Waals surface area contributed by atoms with Crippen molar-refractivity contribution in [3.63, 3.8) is 0 Å². The first-order valence-electron chi connectivity index (χ1n) is 6.17. The number of carbonyl (C=O) groups is 3. The highest BCUT2D eigenvalue weighted by molar-refractivity contribution is 7.99. The Balaban J connectivity index is 2.17. The number of hydrogen-bond acceptors (Lipinski definition) is 8. The van der Waals surface area contributed by atoms with Gasteiger partial charge in [0.1, 0.15) is 17.6 Å². The Bertz CT molecular complexity index is 424. The van der Waals surface area contributed by atoms with Crippen LogP contribution in [0.2, 0.25) is 0 Å². The average Bonchev–Trinajstić information content (AvgIpc) is 2.57. The van der Waals surface area contributed by atoms with Gasteiger partial charge in [-0.15, -0.1) is 11.8 Å². The van der Waals surface area contributed by atoms with Crippen molar-refractivity contribution in [3.05, 3.63) is 0 Å². The normalized spacial score (nSPS) is 35.2. The second-order valence-corrected chi connectivity index (χ2v) is 5.73. The lowest BCUT2D eigenvalue weighted by Crippen LogP contribution is -2.44. The molecule has 0 amide bonds. The van der Waals surface area contributed by atoms with Gasteiger partial charge in [0.25, 0.3) is 0 Å². The van der Waals surface area contributed by atoms with Gasteiger partial charge in [0.2, 0.25) is 0 Å². The van der Waals surface area contributed by atoms with Crippen molar-refractivity contribution in [1.29, 1.82) is 0 Å². The van der Waals surface area contributed by atoms with E-state index in [9.17, 15) is 14.4 Å². The Morgan fingerprint density at radius 3 is 2.05 bits per heavy atom. The topological polar surface area (TPSA) is 88.1 Å². The van der Waals surface area contributed by atoms with Crippen molar-refractivity contribution in [2.45, 2.75) is 50.6 Å². The van der Waals surface area contributed by atoms with E-state index in [2.05, 4.69) is 0 Å². The molecule has 2 rings (SSSR count). The Morgan fingerprint density at radius 1 is 0.950 bits per heavy atom. The van der Waals surface area contributed by atoms with Gasteiger partial charge in [-0.1, -0.05) is 0 Å². The van der Waals surface area contributed by atoms with Crippen LogP contribution in [-0.4, -0.2) is 53.5 Å². The lowest BCUT2D eigenvalue weighted by Gasteiger charge is -2.29. The number of esters is 3. The molecule has 2 fully saturated rings. The fourth-order valence-electron chi connectivity index (χ4n) is 2.32. The SMILES string of the molecule is CC(=O)O[C@@H]1[C@@H](OC(C)=O)[C@H]2O[C@@H]1[C@@H](OC(C)=O)CS2. The highest BCUT2D eigenvalue weighted by Gasteiger charge is 2.56. The number of thioether (sulfide) groups is 1. The summed E-state index contributed by atoms with van der Waals surface area (Å²) in [5, 5.41) is 0. The minimum atomic E-state index is -0.763. The minimum absolute atomic E-state index is 0.417. The fourth-order valence-corrected chi connectivity index (χ4v) is 3.57. The summed E-state index contributed by atoms with van der Waals surface area (Å²) in [6, 6.07) is 0. The summed E-state index contributed by atoms with van der Waals surface area (Å²) in [5.74, 6) is -0.914. The molecule has 0 spiro atoms. The van der Waals surface area contributed by atoms with Crippen LogP contribution in [0.15, 0.2) is 0 Å². The molecule has 0 aromatic rings. The van der Waals surface area contributed by atoms with Crippen LogP contribution in [0.3, 0.4) is 0 Å². The number of carbonyl (C=O) groups excluding carboxylic acids is 3. The third kappa shape index (κ3) is 3.24. The molecule has 8 heteroatoms. The first kappa shape index (κ1) is 15.1. The second-order valence-electron chi connectivity index (χ2n) is 4.60. The zero-order chi connectivity index (χ0) is 14.9. The largest absolute Gasteiger partial charge is 0.459 e. The summed E-state index contributed by atoms with van der Waals surface area (Å²) < 4.78 is 21.2. The van der Waals surface area contributed by atoms with Gasteiger partial charge in [-0.05, 0) is 0 Å².